The maximum absolute atomic E-state index is 13.1. The molecule has 0 unspecified atom stereocenters. The monoisotopic (exact) mass is 429 g/mol. The number of fused-ring (bicyclic) bond motifs is 2. The third-order valence-electron chi connectivity index (χ3n) is 5.11. The molecule has 6 nitrogen and oxygen atoms in total. The van der Waals surface area contributed by atoms with Crippen LogP contribution in [0, 0.1) is 13.8 Å². The van der Waals surface area contributed by atoms with Crippen molar-refractivity contribution in [2.24, 2.45) is 0 Å². The number of aromatic nitrogens is 1. The molecule has 0 saturated carbocycles. The Balaban J connectivity index is 1.73. The number of nitrogens with one attached hydrogen (secondary N) is 1. The van der Waals surface area contributed by atoms with Crippen molar-refractivity contribution in [3.63, 3.8) is 0 Å². The van der Waals surface area contributed by atoms with Gasteiger partial charge >= 0.3 is 5.97 Å². The Hall–Kier alpha value is -2.45. The van der Waals surface area contributed by atoms with Crippen LogP contribution in [0.4, 0.5) is 10.7 Å². The van der Waals surface area contributed by atoms with Gasteiger partial charge in [-0.05, 0) is 63.6 Å². The molecule has 4 rings (SSSR count). The van der Waals surface area contributed by atoms with E-state index in [1.165, 1.54) is 22.7 Å². The maximum Gasteiger partial charge on any atom is 0.341 e. The second kappa shape index (κ2) is 7.76. The van der Waals surface area contributed by atoms with Crippen molar-refractivity contribution in [1.29, 1.82) is 0 Å². The summed E-state index contributed by atoms with van der Waals surface area (Å²) in [7, 11) is 0. The Morgan fingerprint density at radius 2 is 2.00 bits per heavy atom. The largest absolute Gasteiger partial charge is 0.462 e. The van der Waals surface area contributed by atoms with Crippen molar-refractivity contribution in [2.75, 3.05) is 17.7 Å². The normalized spacial score (nSPS) is 13.3. The second-order valence-corrected chi connectivity index (χ2v) is 9.30. The third kappa shape index (κ3) is 3.51. The molecule has 0 spiro atoms. The highest BCUT2D eigenvalue weighted by molar-refractivity contribution is 7.21. The van der Waals surface area contributed by atoms with Crippen LogP contribution in [0.15, 0.2) is 6.07 Å². The van der Waals surface area contributed by atoms with Crippen molar-refractivity contribution in [2.45, 2.75) is 46.5 Å². The first-order chi connectivity index (χ1) is 13.9. The second-order valence-electron chi connectivity index (χ2n) is 7.20. The average molecular weight is 430 g/mol. The first kappa shape index (κ1) is 19.8. The van der Waals surface area contributed by atoms with E-state index >= 15 is 0 Å². The minimum absolute atomic E-state index is 0.296. The van der Waals surface area contributed by atoms with Crippen molar-refractivity contribution in [1.82, 2.24) is 4.98 Å². The van der Waals surface area contributed by atoms with Crippen molar-refractivity contribution in [3.8, 4) is 0 Å². The molecule has 1 aliphatic carbocycles. The number of hydrogen-bond donors (Lipinski definition) is 2. The Morgan fingerprint density at radius 3 is 2.76 bits per heavy atom. The van der Waals surface area contributed by atoms with Gasteiger partial charge in [-0.25, -0.2) is 9.78 Å². The number of nitrogens with zero attached hydrogens (tertiary/aromatic N) is 1. The van der Waals surface area contributed by atoms with E-state index in [0.29, 0.717) is 27.7 Å². The smallest absolute Gasteiger partial charge is 0.341 e. The summed E-state index contributed by atoms with van der Waals surface area (Å²) in [5.74, 6) is -0.689. The lowest BCUT2D eigenvalue weighted by molar-refractivity contribution is 0.0526. The van der Waals surface area contributed by atoms with Crippen LogP contribution < -0.4 is 11.1 Å². The molecule has 0 saturated heterocycles. The van der Waals surface area contributed by atoms with E-state index in [4.69, 9.17) is 10.5 Å². The summed E-state index contributed by atoms with van der Waals surface area (Å²) in [6.07, 6.45) is 3.90. The summed E-state index contributed by atoms with van der Waals surface area (Å²) in [6.45, 7) is 5.96. The number of rotatable bonds is 4. The number of esters is 1. The lowest BCUT2D eigenvalue weighted by atomic mass is 9.95. The Bertz CT molecular complexity index is 1130. The van der Waals surface area contributed by atoms with Gasteiger partial charge in [-0.3, -0.25) is 4.79 Å². The lowest BCUT2D eigenvalue weighted by Gasteiger charge is -2.12. The zero-order valence-electron chi connectivity index (χ0n) is 16.7. The number of carbonyl (C=O) groups excluding carboxylic acids is 2. The summed E-state index contributed by atoms with van der Waals surface area (Å²) in [5, 5.41) is 4.32. The predicted octanol–water partition coefficient (Wildman–Crippen LogP) is 4.86. The van der Waals surface area contributed by atoms with Crippen LogP contribution in [0.1, 0.15) is 61.5 Å². The molecule has 0 aliphatic heterocycles. The van der Waals surface area contributed by atoms with Crippen LogP contribution >= 0.6 is 22.7 Å². The zero-order chi connectivity index (χ0) is 20.7. The van der Waals surface area contributed by atoms with E-state index in [2.05, 4.69) is 10.3 Å². The Labute approximate surface area is 177 Å². The quantitative estimate of drug-likeness (QED) is 0.577. The highest BCUT2D eigenvalue weighted by Crippen LogP contribution is 2.40. The molecule has 1 amide bonds. The molecule has 3 aromatic rings. The van der Waals surface area contributed by atoms with Gasteiger partial charge in [0.2, 0.25) is 0 Å². The van der Waals surface area contributed by atoms with Crippen LogP contribution in [-0.2, 0) is 17.6 Å². The van der Waals surface area contributed by atoms with Crippen molar-refractivity contribution >= 4 is 55.5 Å². The molecule has 0 bridgehead atoms. The van der Waals surface area contributed by atoms with E-state index < -0.39 is 0 Å². The number of ether oxygens (including phenoxy) is 1. The van der Waals surface area contributed by atoms with Gasteiger partial charge < -0.3 is 15.8 Å². The summed E-state index contributed by atoms with van der Waals surface area (Å²) in [5.41, 5.74) is 10.2. The topological polar surface area (TPSA) is 94.3 Å². The fourth-order valence-electron chi connectivity index (χ4n) is 3.87. The fraction of sp³-hybridized carbons (Fsp3) is 0.381. The maximum atomic E-state index is 13.1. The van der Waals surface area contributed by atoms with Gasteiger partial charge in [-0.15, -0.1) is 22.7 Å². The molecule has 3 N–H and O–H groups in total. The van der Waals surface area contributed by atoms with Gasteiger partial charge in [0.05, 0.1) is 17.9 Å². The molecule has 0 aromatic carbocycles. The molecular formula is C21H23N3O3S2. The van der Waals surface area contributed by atoms with Crippen LogP contribution in [0.25, 0.3) is 10.2 Å². The number of carbonyl (C=O) groups is 2. The van der Waals surface area contributed by atoms with Crippen molar-refractivity contribution in [3.05, 3.63) is 38.2 Å². The molecular weight excluding hydrogens is 406 g/mol. The molecule has 29 heavy (non-hydrogen) atoms. The van der Waals surface area contributed by atoms with Gasteiger partial charge in [-0.1, -0.05) is 0 Å². The average Bonchev–Trinajstić information content (AvgIpc) is 3.19. The van der Waals surface area contributed by atoms with Crippen LogP contribution in [-0.4, -0.2) is 23.5 Å². The number of thiophene rings is 2. The molecule has 0 atom stereocenters. The van der Waals surface area contributed by atoms with Gasteiger partial charge in [0.25, 0.3) is 5.91 Å². The number of anilines is 2. The minimum Gasteiger partial charge on any atom is -0.462 e. The third-order valence-corrected chi connectivity index (χ3v) is 7.41. The van der Waals surface area contributed by atoms with Gasteiger partial charge in [0.15, 0.2) is 0 Å². The highest BCUT2D eigenvalue weighted by Gasteiger charge is 2.28. The lowest BCUT2D eigenvalue weighted by Crippen LogP contribution is -2.15. The van der Waals surface area contributed by atoms with Gasteiger partial charge in [0.1, 0.15) is 14.7 Å². The summed E-state index contributed by atoms with van der Waals surface area (Å²) >= 11 is 2.75. The first-order valence-electron chi connectivity index (χ1n) is 9.69. The van der Waals surface area contributed by atoms with E-state index in [1.54, 1.807) is 6.92 Å². The molecule has 0 fully saturated rings. The first-order valence-corrected chi connectivity index (χ1v) is 11.3. The number of nitrogens with two attached hydrogens (primary N) is 1. The highest BCUT2D eigenvalue weighted by atomic mass is 32.1. The van der Waals surface area contributed by atoms with Gasteiger partial charge in [0, 0.05) is 16.0 Å². The van der Waals surface area contributed by atoms with E-state index in [1.807, 2.05) is 19.9 Å². The van der Waals surface area contributed by atoms with E-state index in [0.717, 1.165) is 57.6 Å². The number of aryl methyl sites for hydroxylation is 3. The predicted molar refractivity (Wildman–Crippen MR) is 118 cm³/mol. The molecule has 3 aromatic heterocycles. The van der Waals surface area contributed by atoms with Crippen LogP contribution in [0.2, 0.25) is 0 Å². The molecule has 8 heteroatoms. The van der Waals surface area contributed by atoms with E-state index in [-0.39, 0.29) is 11.9 Å². The Morgan fingerprint density at radius 1 is 1.24 bits per heavy atom. The zero-order valence-corrected chi connectivity index (χ0v) is 18.3. The van der Waals surface area contributed by atoms with Crippen LogP contribution in [0.5, 0.6) is 0 Å². The summed E-state index contributed by atoms with van der Waals surface area (Å²) < 4.78 is 5.27. The SMILES string of the molecule is CCOC(=O)c1c(NC(=O)c2sc3nc(C)cc(C)c3c2N)sc2c1CCCC2. The number of pyridine rings is 1. The Kier molecular flexibility index (Phi) is 5.31. The van der Waals surface area contributed by atoms with E-state index in [9.17, 15) is 9.59 Å². The number of amides is 1. The van der Waals surface area contributed by atoms with Crippen molar-refractivity contribution < 1.29 is 14.3 Å². The number of nitrogen functional groups attached to an aromatic ring is 1. The summed E-state index contributed by atoms with van der Waals surface area (Å²) in [6, 6.07) is 1.96. The minimum atomic E-state index is -0.375. The standard InChI is InChI=1S/C21H23N3O3S2/c1-4-27-21(26)15-12-7-5-6-8-13(12)28-20(15)24-18(25)17-16(22)14-10(2)9-11(3)23-19(14)29-17/h9H,4-8,22H2,1-3H3,(H,24,25). The number of hydrogen-bond acceptors (Lipinski definition) is 7. The van der Waals surface area contributed by atoms with Gasteiger partial charge in [-0.2, -0.15) is 0 Å². The molecule has 152 valence electrons. The fourth-order valence-corrected chi connectivity index (χ4v) is 6.26. The summed E-state index contributed by atoms with van der Waals surface area (Å²) in [4.78, 5) is 32.5. The molecule has 0 radical (unpaired) electrons. The van der Waals surface area contributed by atoms with Crippen LogP contribution in [0.3, 0.4) is 0 Å². The molecule has 1 aliphatic rings. The molecule has 3 heterocycles.